The van der Waals surface area contributed by atoms with Gasteiger partial charge in [-0.1, -0.05) is 0 Å². The van der Waals surface area contributed by atoms with Crippen molar-refractivity contribution in [2.75, 3.05) is 19.9 Å². The van der Waals surface area contributed by atoms with E-state index in [1.54, 1.807) is 18.2 Å². The fraction of sp³-hybridized carbons (Fsp3) is 0.286. The number of nitrogens with two attached hydrogens (primary N) is 1. The van der Waals surface area contributed by atoms with E-state index in [0.717, 1.165) is 5.56 Å². The molecule has 0 saturated heterocycles. The standard InChI is InChI=1S/C14H16N4O4/c15-5-9(6-19)16-14(20)11-4-10(17-18-11)8-1-2-12-13(3-8)22-7-21-12/h1-4,9,19H,5-7,15H2,(H,16,20)(H,17,18). The monoisotopic (exact) mass is 304 g/mol. The number of H-pyrrole nitrogens is 1. The van der Waals surface area contributed by atoms with Gasteiger partial charge in [-0.25, -0.2) is 0 Å². The zero-order valence-corrected chi connectivity index (χ0v) is 11.7. The molecule has 0 bridgehead atoms. The van der Waals surface area contributed by atoms with E-state index in [-0.39, 0.29) is 25.9 Å². The van der Waals surface area contributed by atoms with E-state index in [2.05, 4.69) is 15.5 Å². The van der Waals surface area contributed by atoms with Crippen LogP contribution >= 0.6 is 0 Å². The number of benzene rings is 1. The molecule has 3 rings (SSSR count). The van der Waals surface area contributed by atoms with Gasteiger partial charge in [-0.05, 0) is 24.3 Å². The molecular weight excluding hydrogens is 288 g/mol. The number of aliphatic hydroxyl groups excluding tert-OH is 1. The van der Waals surface area contributed by atoms with Crippen molar-refractivity contribution < 1.29 is 19.4 Å². The van der Waals surface area contributed by atoms with Crippen molar-refractivity contribution in [3.63, 3.8) is 0 Å². The summed E-state index contributed by atoms with van der Waals surface area (Å²) in [5.74, 6) is 0.963. The number of carbonyl (C=O) groups is 1. The van der Waals surface area contributed by atoms with Crippen molar-refractivity contribution in [3.8, 4) is 22.8 Å². The van der Waals surface area contributed by atoms with Crippen LogP contribution in [0.25, 0.3) is 11.3 Å². The molecule has 2 aromatic rings. The number of nitrogens with one attached hydrogen (secondary N) is 2. The van der Waals surface area contributed by atoms with Gasteiger partial charge in [0.15, 0.2) is 11.5 Å². The second kappa shape index (κ2) is 6.04. The largest absolute Gasteiger partial charge is 0.454 e. The number of hydrogen-bond acceptors (Lipinski definition) is 6. The van der Waals surface area contributed by atoms with Gasteiger partial charge in [0.25, 0.3) is 5.91 Å². The summed E-state index contributed by atoms with van der Waals surface area (Å²) < 4.78 is 10.6. The number of amides is 1. The molecule has 1 amide bonds. The molecule has 5 N–H and O–H groups in total. The van der Waals surface area contributed by atoms with Gasteiger partial charge in [0.05, 0.1) is 18.3 Å². The molecule has 1 atom stereocenters. The summed E-state index contributed by atoms with van der Waals surface area (Å²) in [4.78, 5) is 12.0. The number of aromatic nitrogens is 2. The molecule has 1 aliphatic heterocycles. The highest BCUT2D eigenvalue weighted by Gasteiger charge is 2.17. The van der Waals surface area contributed by atoms with Crippen LogP contribution in [0.15, 0.2) is 24.3 Å². The minimum Gasteiger partial charge on any atom is -0.454 e. The van der Waals surface area contributed by atoms with Crippen molar-refractivity contribution in [1.29, 1.82) is 0 Å². The van der Waals surface area contributed by atoms with Crippen LogP contribution < -0.4 is 20.5 Å². The number of aromatic amines is 1. The molecule has 1 aliphatic rings. The third-order valence-corrected chi connectivity index (χ3v) is 3.33. The van der Waals surface area contributed by atoms with Gasteiger partial charge in [0.2, 0.25) is 6.79 Å². The smallest absolute Gasteiger partial charge is 0.269 e. The summed E-state index contributed by atoms with van der Waals surface area (Å²) in [5, 5.41) is 18.4. The van der Waals surface area contributed by atoms with Gasteiger partial charge < -0.3 is 25.6 Å². The molecule has 22 heavy (non-hydrogen) atoms. The number of aliphatic hydroxyl groups is 1. The van der Waals surface area contributed by atoms with Crippen LogP contribution in [0.2, 0.25) is 0 Å². The van der Waals surface area contributed by atoms with Gasteiger partial charge >= 0.3 is 0 Å². The molecule has 8 heteroatoms. The van der Waals surface area contributed by atoms with Crippen LogP contribution in [0, 0.1) is 0 Å². The van der Waals surface area contributed by atoms with Gasteiger partial charge in [0, 0.05) is 12.1 Å². The minimum atomic E-state index is -0.482. The highest BCUT2D eigenvalue weighted by Crippen LogP contribution is 2.35. The second-order valence-corrected chi connectivity index (χ2v) is 4.82. The Morgan fingerprint density at radius 1 is 1.41 bits per heavy atom. The van der Waals surface area contributed by atoms with E-state index in [4.69, 9.17) is 20.3 Å². The number of fused-ring (bicyclic) bond motifs is 1. The fourth-order valence-corrected chi connectivity index (χ4v) is 2.08. The van der Waals surface area contributed by atoms with E-state index < -0.39 is 6.04 Å². The molecule has 0 fully saturated rings. The molecule has 8 nitrogen and oxygen atoms in total. The normalized spacial score (nSPS) is 13.9. The molecule has 116 valence electrons. The van der Waals surface area contributed by atoms with Crippen LogP contribution in [0.1, 0.15) is 10.5 Å². The topological polar surface area (TPSA) is 122 Å². The first kappa shape index (κ1) is 14.4. The van der Waals surface area contributed by atoms with Gasteiger partial charge in [0.1, 0.15) is 5.69 Å². The molecular formula is C14H16N4O4. The number of rotatable bonds is 5. The summed E-state index contributed by atoms with van der Waals surface area (Å²) in [7, 11) is 0. The Bertz CT molecular complexity index is 681. The van der Waals surface area contributed by atoms with E-state index >= 15 is 0 Å². The summed E-state index contributed by atoms with van der Waals surface area (Å²) in [6.07, 6.45) is 0. The Kier molecular flexibility index (Phi) is 3.94. The Morgan fingerprint density at radius 3 is 3.00 bits per heavy atom. The molecule has 1 unspecified atom stereocenters. The summed E-state index contributed by atoms with van der Waals surface area (Å²) in [6, 6.07) is 6.57. The van der Waals surface area contributed by atoms with Gasteiger partial charge in [-0.2, -0.15) is 5.10 Å². The van der Waals surface area contributed by atoms with Crippen LogP contribution in [0.4, 0.5) is 0 Å². The number of hydrogen-bond donors (Lipinski definition) is 4. The highest BCUT2D eigenvalue weighted by atomic mass is 16.7. The second-order valence-electron chi connectivity index (χ2n) is 4.82. The molecule has 1 aromatic carbocycles. The average Bonchev–Trinajstić information content (AvgIpc) is 3.20. The lowest BCUT2D eigenvalue weighted by molar-refractivity contribution is 0.0914. The van der Waals surface area contributed by atoms with Crippen molar-refractivity contribution >= 4 is 5.91 Å². The zero-order valence-electron chi connectivity index (χ0n) is 11.7. The lowest BCUT2D eigenvalue weighted by atomic mass is 10.1. The Morgan fingerprint density at radius 2 is 2.23 bits per heavy atom. The van der Waals surface area contributed by atoms with E-state index in [1.807, 2.05) is 6.07 Å². The first-order valence-electron chi connectivity index (χ1n) is 6.78. The first-order valence-corrected chi connectivity index (χ1v) is 6.78. The lowest BCUT2D eigenvalue weighted by Gasteiger charge is -2.12. The predicted octanol–water partition coefficient (Wildman–Crippen LogP) is -0.145. The third-order valence-electron chi connectivity index (χ3n) is 3.33. The molecule has 0 spiro atoms. The van der Waals surface area contributed by atoms with E-state index in [0.29, 0.717) is 22.9 Å². The van der Waals surface area contributed by atoms with E-state index in [1.165, 1.54) is 0 Å². The van der Waals surface area contributed by atoms with Gasteiger partial charge in [-0.15, -0.1) is 0 Å². The SMILES string of the molecule is NCC(CO)NC(=O)c1cc(-c2ccc3c(c2)OCO3)n[nH]1. The van der Waals surface area contributed by atoms with Gasteiger partial charge in [-0.3, -0.25) is 9.89 Å². The maximum atomic E-state index is 12.0. The van der Waals surface area contributed by atoms with Crippen molar-refractivity contribution in [3.05, 3.63) is 30.0 Å². The first-order chi connectivity index (χ1) is 10.7. The minimum absolute atomic E-state index is 0.158. The summed E-state index contributed by atoms with van der Waals surface area (Å²) in [6.45, 7) is 0.144. The fourth-order valence-electron chi connectivity index (χ4n) is 2.08. The molecule has 2 heterocycles. The predicted molar refractivity (Wildman–Crippen MR) is 77.5 cm³/mol. The molecule has 0 aliphatic carbocycles. The van der Waals surface area contributed by atoms with Crippen LogP contribution in [-0.4, -0.2) is 47.2 Å². The Labute approximate surface area is 126 Å². The molecule has 0 radical (unpaired) electrons. The molecule has 1 aromatic heterocycles. The van der Waals surface area contributed by atoms with Crippen LogP contribution in [-0.2, 0) is 0 Å². The highest BCUT2D eigenvalue weighted by molar-refractivity contribution is 5.93. The maximum Gasteiger partial charge on any atom is 0.269 e. The quantitative estimate of drug-likeness (QED) is 0.609. The maximum absolute atomic E-state index is 12.0. The molecule has 0 saturated carbocycles. The van der Waals surface area contributed by atoms with Crippen molar-refractivity contribution in [2.24, 2.45) is 5.73 Å². The lowest BCUT2D eigenvalue weighted by Crippen LogP contribution is -2.42. The van der Waals surface area contributed by atoms with Crippen molar-refractivity contribution in [1.82, 2.24) is 15.5 Å². The van der Waals surface area contributed by atoms with E-state index in [9.17, 15) is 4.79 Å². The number of ether oxygens (including phenoxy) is 2. The summed E-state index contributed by atoms with van der Waals surface area (Å²) in [5.41, 5.74) is 7.13. The number of carbonyl (C=O) groups excluding carboxylic acids is 1. The zero-order chi connectivity index (χ0) is 15.5. The van der Waals surface area contributed by atoms with Crippen molar-refractivity contribution in [2.45, 2.75) is 6.04 Å². The third kappa shape index (κ3) is 2.74. The van der Waals surface area contributed by atoms with Crippen LogP contribution in [0.3, 0.4) is 0 Å². The Hall–Kier alpha value is -2.58. The Balaban J connectivity index is 1.77. The number of nitrogens with zero attached hydrogens (tertiary/aromatic N) is 1. The summed E-state index contributed by atoms with van der Waals surface area (Å²) >= 11 is 0. The van der Waals surface area contributed by atoms with Crippen LogP contribution in [0.5, 0.6) is 11.5 Å². The average molecular weight is 304 g/mol.